The molecular formula is C30H48O6. The Bertz CT molecular complexity index is 997. The molecule has 204 valence electrons. The lowest BCUT2D eigenvalue weighted by atomic mass is 9.32. The molecule has 0 aromatic carbocycles. The molecule has 6 heteroatoms. The van der Waals surface area contributed by atoms with Gasteiger partial charge in [-0.25, -0.2) is 0 Å². The van der Waals surface area contributed by atoms with Gasteiger partial charge in [0, 0.05) is 17.8 Å². The van der Waals surface area contributed by atoms with Crippen molar-refractivity contribution < 1.29 is 30.3 Å². The zero-order valence-corrected chi connectivity index (χ0v) is 23.3. The van der Waals surface area contributed by atoms with Gasteiger partial charge in [-0.1, -0.05) is 46.3 Å². The predicted octanol–water partition coefficient (Wildman–Crippen LogP) is 4.29. The van der Waals surface area contributed by atoms with Crippen molar-refractivity contribution in [1.29, 1.82) is 0 Å². The van der Waals surface area contributed by atoms with Crippen LogP contribution in [-0.2, 0) is 4.79 Å². The average molecular weight is 505 g/mol. The van der Waals surface area contributed by atoms with E-state index in [2.05, 4.69) is 40.7 Å². The number of allylic oxidation sites excluding steroid dienone is 1. The topological polar surface area (TPSA) is 118 Å². The summed E-state index contributed by atoms with van der Waals surface area (Å²) in [6.45, 7) is 14.4. The molecule has 0 aromatic rings. The molecule has 5 rings (SSSR count). The quantitative estimate of drug-likeness (QED) is 0.340. The van der Waals surface area contributed by atoms with Crippen LogP contribution in [0.2, 0.25) is 0 Å². The second-order valence-electron chi connectivity index (χ2n) is 15.1. The lowest BCUT2D eigenvalue weighted by molar-refractivity contribution is -0.258. The average Bonchev–Trinajstić information content (AvgIpc) is 2.76. The molecule has 6 nitrogen and oxygen atoms in total. The van der Waals surface area contributed by atoms with E-state index in [0.29, 0.717) is 25.7 Å². The van der Waals surface area contributed by atoms with E-state index in [0.717, 1.165) is 24.8 Å². The summed E-state index contributed by atoms with van der Waals surface area (Å²) in [6, 6.07) is 0. The number of fused-ring (bicyclic) bond motifs is 7. The zero-order chi connectivity index (χ0) is 26.9. The summed E-state index contributed by atoms with van der Waals surface area (Å²) in [4.78, 5) is 12.9. The summed E-state index contributed by atoms with van der Waals surface area (Å²) in [5, 5.41) is 56.1. The van der Waals surface area contributed by atoms with Crippen molar-refractivity contribution in [2.75, 3.05) is 0 Å². The molecule has 3 unspecified atom stereocenters. The van der Waals surface area contributed by atoms with Crippen LogP contribution in [0.5, 0.6) is 0 Å². The Kier molecular flexibility index (Phi) is 5.45. The van der Waals surface area contributed by atoms with Gasteiger partial charge in [0.2, 0.25) is 0 Å². The van der Waals surface area contributed by atoms with Gasteiger partial charge in [-0.05, 0) is 86.9 Å². The van der Waals surface area contributed by atoms with Crippen molar-refractivity contribution in [2.24, 2.45) is 44.8 Å². The van der Waals surface area contributed by atoms with Crippen LogP contribution in [-0.4, -0.2) is 54.9 Å². The number of hydrogen-bond acceptors (Lipinski definition) is 5. The molecule has 5 N–H and O–H groups in total. The maximum absolute atomic E-state index is 12.9. The second-order valence-corrected chi connectivity index (χ2v) is 15.1. The van der Waals surface area contributed by atoms with E-state index >= 15 is 0 Å². The largest absolute Gasteiger partial charge is 0.481 e. The summed E-state index contributed by atoms with van der Waals surface area (Å²) in [5.41, 5.74) is -4.26. The minimum absolute atomic E-state index is 0.172. The maximum Gasteiger partial charge on any atom is 0.310 e. The van der Waals surface area contributed by atoms with E-state index in [1.165, 1.54) is 0 Å². The Morgan fingerprint density at radius 2 is 1.47 bits per heavy atom. The third-order valence-corrected chi connectivity index (χ3v) is 13.7. The first-order valence-corrected chi connectivity index (χ1v) is 14.1. The van der Waals surface area contributed by atoms with E-state index in [9.17, 15) is 30.3 Å². The highest BCUT2D eigenvalue weighted by molar-refractivity contribution is 5.77. The Labute approximate surface area is 216 Å². The van der Waals surface area contributed by atoms with E-state index in [-0.39, 0.29) is 39.9 Å². The predicted molar refractivity (Wildman–Crippen MR) is 137 cm³/mol. The first-order chi connectivity index (χ1) is 16.3. The number of aliphatic hydroxyl groups excluding tert-OH is 2. The maximum atomic E-state index is 12.9. The normalized spacial score (nSPS) is 58.0. The first-order valence-electron chi connectivity index (χ1n) is 14.1. The van der Waals surface area contributed by atoms with Gasteiger partial charge in [0.05, 0.1) is 28.8 Å². The number of carbonyl (C=O) groups is 1. The van der Waals surface area contributed by atoms with E-state index in [1.54, 1.807) is 13.8 Å². The molecule has 0 aliphatic heterocycles. The SMILES string of the molecule is CC1(C)C2CC[C@]3(C)C(CC=C4C5[C@](C(=O)O)(CC[C@](C)(O)[C@@]5(C)O)CC[C@]43C)[C@@]2(C)[C@@H](O)C[C@H]1O. The number of rotatable bonds is 1. The molecule has 11 atom stereocenters. The number of hydrogen-bond donors (Lipinski definition) is 5. The van der Waals surface area contributed by atoms with Gasteiger partial charge in [-0.15, -0.1) is 0 Å². The monoisotopic (exact) mass is 504 g/mol. The zero-order valence-electron chi connectivity index (χ0n) is 23.3. The van der Waals surface area contributed by atoms with Crippen LogP contribution in [0.15, 0.2) is 11.6 Å². The molecule has 0 radical (unpaired) electrons. The van der Waals surface area contributed by atoms with Crippen LogP contribution >= 0.6 is 0 Å². The van der Waals surface area contributed by atoms with Crippen molar-refractivity contribution in [2.45, 2.75) is 123 Å². The van der Waals surface area contributed by atoms with Gasteiger partial charge in [0.15, 0.2) is 0 Å². The van der Waals surface area contributed by atoms with Gasteiger partial charge in [0.1, 0.15) is 0 Å². The second kappa shape index (κ2) is 7.37. The molecule has 0 heterocycles. The van der Waals surface area contributed by atoms with Gasteiger partial charge in [-0.3, -0.25) is 4.79 Å². The molecule has 0 bridgehead atoms. The third-order valence-electron chi connectivity index (χ3n) is 13.7. The standard InChI is InChI=1S/C30H48O6/c1-24(2)18-10-11-26(4)19(28(18,6)21(32)16-20(24)31)9-8-17-22-29(7,36)27(5,35)13-15-30(22,23(33)34)14-12-25(17,26)3/h8,18-22,31-32,35-36H,9-16H2,1-7H3,(H,33,34)/t18?,19?,20-,21+,22?,25-,26-,27+,28+,29+,30-/m1/s1. The van der Waals surface area contributed by atoms with Crippen molar-refractivity contribution in [3.05, 3.63) is 11.6 Å². The van der Waals surface area contributed by atoms with Crippen LogP contribution in [0.4, 0.5) is 0 Å². The van der Waals surface area contributed by atoms with Gasteiger partial charge < -0.3 is 25.5 Å². The Balaban J connectivity index is 1.67. The molecule has 5 aliphatic rings. The summed E-state index contributed by atoms with van der Waals surface area (Å²) < 4.78 is 0. The summed E-state index contributed by atoms with van der Waals surface area (Å²) in [5.74, 6) is -1.18. The fourth-order valence-electron chi connectivity index (χ4n) is 10.7. The van der Waals surface area contributed by atoms with Crippen molar-refractivity contribution in [3.8, 4) is 0 Å². The Morgan fingerprint density at radius 3 is 2.08 bits per heavy atom. The summed E-state index contributed by atoms with van der Waals surface area (Å²) in [6.07, 6.45) is 5.78. The minimum Gasteiger partial charge on any atom is -0.481 e. The Hall–Kier alpha value is -0.950. The van der Waals surface area contributed by atoms with Crippen LogP contribution in [0.3, 0.4) is 0 Å². The number of carboxylic acids is 1. The van der Waals surface area contributed by atoms with E-state index < -0.39 is 40.7 Å². The van der Waals surface area contributed by atoms with Crippen molar-refractivity contribution >= 4 is 5.97 Å². The van der Waals surface area contributed by atoms with Gasteiger partial charge in [0.25, 0.3) is 0 Å². The first kappa shape index (κ1) is 26.6. The highest BCUT2D eigenvalue weighted by Gasteiger charge is 2.73. The molecule has 36 heavy (non-hydrogen) atoms. The van der Waals surface area contributed by atoms with E-state index in [4.69, 9.17) is 0 Å². The fraction of sp³-hybridized carbons (Fsp3) is 0.900. The molecule has 4 saturated carbocycles. The number of aliphatic carboxylic acids is 1. The minimum atomic E-state index is -1.57. The van der Waals surface area contributed by atoms with Crippen molar-refractivity contribution in [3.63, 3.8) is 0 Å². The fourth-order valence-corrected chi connectivity index (χ4v) is 10.7. The lowest BCUT2D eigenvalue weighted by Gasteiger charge is -2.72. The van der Waals surface area contributed by atoms with E-state index in [1.807, 2.05) is 0 Å². The molecule has 0 aromatic heterocycles. The van der Waals surface area contributed by atoms with Gasteiger partial charge in [-0.2, -0.15) is 0 Å². The Morgan fingerprint density at radius 1 is 0.861 bits per heavy atom. The van der Waals surface area contributed by atoms with Crippen LogP contribution < -0.4 is 0 Å². The van der Waals surface area contributed by atoms with Crippen LogP contribution in [0, 0.1) is 44.8 Å². The summed E-state index contributed by atoms with van der Waals surface area (Å²) in [7, 11) is 0. The highest BCUT2D eigenvalue weighted by atomic mass is 16.4. The molecule has 0 saturated heterocycles. The molecular weight excluding hydrogens is 456 g/mol. The molecule has 4 fully saturated rings. The highest BCUT2D eigenvalue weighted by Crippen LogP contribution is 2.76. The molecule has 0 amide bonds. The smallest absolute Gasteiger partial charge is 0.310 e. The van der Waals surface area contributed by atoms with Crippen LogP contribution in [0.1, 0.15) is 99.8 Å². The van der Waals surface area contributed by atoms with Crippen LogP contribution in [0.25, 0.3) is 0 Å². The molecule has 0 spiro atoms. The van der Waals surface area contributed by atoms with Crippen molar-refractivity contribution in [1.82, 2.24) is 0 Å². The summed E-state index contributed by atoms with van der Waals surface area (Å²) >= 11 is 0. The third kappa shape index (κ3) is 2.80. The number of aliphatic hydroxyl groups is 4. The van der Waals surface area contributed by atoms with Gasteiger partial charge >= 0.3 is 5.97 Å². The number of carboxylic acid groups (broad SMARTS) is 1. The molecule has 5 aliphatic carbocycles. The lowest BCUT2D eigenvalue weighted by Crippen LogP contribution is -2.72.